The third kappa shape index (κ3) is 3.66. The van der Waals surface area contributed by atoms with Crippen molar-refractivity contribution in [2.75, 3.05) is 13.1 Å². The minimum atomic E-state index is 0. The predicted molar refractivity (Wildman–Crippen MR) is 83.6 cm³/mol. The lowest BCUT2D eigenvalue weighted by Gasteiger charge is -2.11. The fraction of sp³-hybridized carbons (Fsp3) is 0.533. The van der Waals surface area contributed by atoms with Crippen LogP contribution in [0.15, 0.2) is 24.3 Å². The second-order valence-corrected chi connectivity index (χ2v) is 5.98. The molecule has 5 heteroatoms. The van der Waals surface area contributed by atoms with Crippen LogP contribution in [-0.2, 0) is 4.79 Å². The van der Waals surface area contributed by atoms with Gasteiger partial charge in [0.15, 0.2) is 0 Å². The molecule has 1 saturated carbocycles. The first kappa shape index (κ1) is 15.6. The first-order valence-corrected chi connectivity index (χ1v) is 7.38. The molecule has 2 N–H and O–H groups in total. The molecule has 0 aromatic heterocycles. The van der Waals surface area contributed by atoms with E-state index in [-0.39, 0.29) is 24.2 Å². The van der Waals surface area contributed by atoms with E-state index in [1.54, 1.807) is 0 Å². The van der Waals surface area contributed by atoms with E-state index in [1.807, 2.05) is 18.2 Å². The zero-order valence-corrected chi connectivity index (χ0v) is 12.8. The molecule has 1 aromatic rings. The van der Waals surface area contributed by atoms with Crippen molar-refractivity contribution in [3.63, 3.8) is 0 Å². The summed E-state index contributed by atoms with van der Waals surface area (Å²) in [5.41, 5.74) is 1.19. The Bertz CT molecular complexity index is 475. The van der Waals surface area contributed by atoms with Crippen molar-refractivity contribution in [1.29, 1.82) is 0 Å². The van der Waals surface area contributed by atoms with E-state index < -0.39 is 0 Å². The minimum absolute atomic E-state index is 0. The zero-order chi connectivity index (χ0) is 13.2. The monoisotopic (exact) mass is 314 g/mol. The average molecular weight is 315 g/mol. The molecule has 3 nitrogen and oxygen atoms in total. The van der Waals surface area contributed by atoms with Crippen LogP contribution in [0.3, 0.4) is 0 Å². The van der Waals surface area contributed by atoms with Gasteiger partial charge in [0.05, 0.1) is 0 Å². The molecule has 1 aliphatic heterocycles. The molecule has 1 amide bonds. The number of hydrogen-bond donors (Lipinski definition) is 2. The number of carbonyl (C=O) groups excluding carboxylic acids is 1. The molecule has 1 aromatic carbocycles. The molecule has 0 spiro atoms. The first-order chi connectivity index (χ1) is 9.24. The van der Waals surface area contributed by atoms with E-state index in [2.05, 4.69) is 16.7 Å². The lowest BCUT2D eigenvalue weighted by atomic mass is 10.1. The molecule has 3 atom stereocenters. The Morgan fingerprint density at radius 3 is 3.00 bits per heavy atom. The van der Waals surface area contributed by atoms with Gasteiger partial charge in [-0.1, -0.05) is 23.7 Å². The molecular weight excluding hydrogens is 295 g/mol. The summed E-state index contributed by atoms with van der Waals surface area (Å²) in [6.07, 6.45) is 3.34. The second-order valence-electron chi connectivity index (χ2n) is 5.54. The van der Waals surface area contributed by atoms with E-state index in [9.17, 15) is 4.79 Å². The Kier molecular flexibility index (Phi) is 5.30. The molecule has 3 rings (SSSR count). The number of benzene rings is 1. The van der Waals surface area contributed by atoms with Gasteiger partial charge in [-0.05, 0) is 49.4 Å². The van der Waals surface area contributed by atoms with Gasteiger partial charge in [-0.2, -0.15) is 0 Å². The molecule has 2 fully saturated rings. The number of halogens is 2. The van der Waals surface area contributed by atoms with Crippen LogP contribution in [0.25, 0.3) is 0 Å². The van der Waals surface area contributed by atoms with Crippen molar-refractivity contribution in [3.8, 4) is 0 Å². The summed E-state index contributed by atoms with van der Waals surface area (Å²) >= 11 is 5.98. The Morgan fingerprint density at radius 2 is 2.30 bits per heavy atom. The molecule has 0 radical (unpaired) electrons. The third-order valence-corrected chi connectivity index (χ3v) is 4.32. The van der Waals surface area contributed by atoms with E-state index in [0.29, 0.717) is 12.0 Å². The highest BCUT2D eigenvalue weighted by atomic mass is 35.5. The predicted octanol–water partition coefficient (Wildman–Crippen LogP) is 2.73. The van der Waals surface area contributed by atoms with Crippen molar-refractivity contribution in [2.45, 2.75) is 31.2 Å². The van der Waals surface area contributed by atoms with Gasteiger partial charge in [-0.15, -0.1) is 12.4 Å². The van der Waals surface area contributed by atoms with Crippen LogP contribution in [0.1, 0.15) is 30.7 Å². The highest BCUT2D eigenvalue weighted by Gasteiger charge is 2.43. The Balaban J connectivity index is 0.00000147. The maximum absolute atomic E-state index is 12.1. The quantitative estimate of drug-likeness (QED) is 0.897. The number of carbonyl (C=O) groups is 1. The van der Waals surface area contributed by atoms with Crippen LogP contribution < -0.4 is 10.6 Å². The largest absolute Gasteiger partial charge is 0.354 e. The summed E-state index contributed by atoms with van der Waals surface area (Å²) in [6.45, 7) is 1.84. The van der Waals surface area contributed by atoms with Gasteiger partial charge in [0.25, 0.3) is 0 Å². The highest BCUT2D eigenvalue weighted by molar-refractivity contribution is 6.30. The average Bonchev–Trinajstić information content (AvgIpc) is 3.04. The number of hydrogen-bond acceptors (Lipinski definition) is 2. The van der Waals surface area contributed by atoms with Gasteiger partial charge in [0.1, 0.15) is 0 Å². The third-order valence-electron chi connectivity index (χ3n) is 4.09. The maximum Gasteiger partial charge on any atom is 0.223 e. The fourth-order valence-electron chi connectivity index (χ4n) is 2.88. The number of nitrogens with one attached hydrogen (secondary N) is 2. The lowest BCUT2D eigenvalue weighted by Crippen LogP contribution is -2.37. The molecule has 0 bridgehead atoms. The van der Waals surface area contributed by atoms with Crippen LogP contribution in [0.2, 0.25) is 5.02 Å². The SMILES string of the molecule is Cl.O=C(NCC1CCCN1)C1CC1c1cccc(Cl)c1. The van der Waals surface area contributed by atoms with Crippen molar-refractivity contribution in [3.05, 3.63) is 34.9 Å². The molecule has 2 aliphatic rings. The zero-order valence-electron chi connectivity index (χ0n) is 11.3. The van der Waals surface area contributed by atoms with E-state index in [4.69, 9.17) is 11.6 Å². The number of amides is 1. The molecule has 20 heavy (non-hydrogen) atoms. The molecule has 1 saturated heterocycles. The van der Waals surface area contributed by atoms with Gasteiger partial charge >= 0.3 is 0 Å². The van der Waals surface area contributed by atoms with Crippen LogP contribution in [0, 0.1) is 5.92 Å². The summed E-state index contributed by atoms with van der Waals surface area (Å²) in [5, 5.41) is 7.20. The summed E-state index contributed by atoms with van der Waals surface area (Å²) < 4.78 is 0. The Hall–Kier alpha value is -0.770. The van der Waals surface area contributed by atoms with Gasteiger partial charge in [0.2, 0.25) is 5.91 Å². The van der Waals surface area contributed by atoms with Crippen LogP contribution in [-0.4, -0.2) is 25.0 Å². The van der Waals surface area contributed by atoms with Crippen LogP contribution >= 0.6 is 24.0 Å². The van der Waals surface area contributed by atoms with E-state index >= 15 is 0 Å². The van der Waals surface area contributed by atoms with Crippen LogP contribution in [0.5, 0.6) is 0 Å². The topological polar surface area (TPSA) is 41.1 Å². The van der Waals surface area contributed by atoms with Crippen molar-refractivity contribution in [1.82, 2.24) is 10.6 Å². The van der Waals surface area contributed by atoms with Crippen LogP contribution in [0.4, 0.5) is 0 Å². The Labute approximate surface area is 130 Å². The van der Waals surface area contributed by atoms with Gasteiger partial charge in [-0.25, -0.2) is 0 Å². The maximum atomic E-state index is 12.1. The summed E-state index contributed by atoms with van der Waals surface area (Å²) in [6, 6.07) is 8.31. The molecule has 1 aliphatic carbocycles. The molecule has 1 heterocycles. The number of rotatable bonds is 4. The summed E-state index contributed by atoms with van der Waals surface area (Å²) in [4.78, 5) is 12.1. The standard InChI is InChI=1S/C15H19ClN2O.ClH/c16-11-4-1-3-10(7-11)13-8-14(13)15(19)18-9-12-5-2-6-17-12;/h1,3-4,7,12-14,17H,2,5-6,8-9H2,(H,18,19);1H. The lowest BCUT2D eigenvalue weighted by molar-refractivity contribution is -0.122. The van der Waals surface area contributed by atoms with Crippen molar-refractivity contribution in [2.24, 2.45) is 5.92 Å². The Morgan fingerprint density at radius 1 is 1.45 bits per heavy atom. The van der Waals surface area contributed by atoms with E-state index in [1.165, 1.54) is 18.4 Å². The van der Waals surface area contributed by atoms with Gasteiger partial charge < -0.3 is 10.6 Å². The van der Waals surface area contributed by atoms with E-state index in [0.717, 1.165) is 24.5 Å². The first-order valence-electron chi connectivity index (χ1n) is 7.00. The highest BCUT2D eigenvalue weighted by Crippen LogP contribution is 2.47. The molecular formula is C15H20Cl2N2O. The van der Waals surface area contributed by atoms with Gasteiger partial charge in [0, 0.05) is 23.5 Å². The van der Waals surface area contributed by atoms with Crippen molar-refractivity contribution >= 4 is 29.9 Å². The summed E-state index contributed by atoms with van der Waals surface area (Å²) in [5.74, 6) is 0.689. The minimum Gasteiger partial charge on any atom is -0.354 e. The fourth-order valence-corrected chi connectivity index (χ4v) is 3.07. The smallest absolute Gasteiger partial charge is 0.223 e. The normalized spacial score (nSPS) is 27.8. The second kappa shape index (κ2) is 6.79. The van der Waals surface area contributed by atoms with Crippen molar-refractivity contribution < 1.29 is 4.79 Å². The molecule has 3 unspecified atom stereocenters. The van der Waals surface area contributed by atoms with Gasteiger partial charge in [-0.3, -0.25) is 4.79 Å². The summed E-state index contributed by atoms with van der Waals surface area (Å²) in [7, 11) is 0. The molecule has 110 valence electrons.